The zero-order chi connectivity index (χ0) is 19.4. The molecule has 1 aliphatic heterocycles. The predicted molar refractivity (Wildman–Crippen MR) is 105 cm³/mol. The molecule has 1 amide bonds. The largest absolute Gasteiger partial charge is 0.345 e. The number of nitrogens with zero attached hydrogens (tertiary/aromatic N) is 3. The standard InChI is InChI=1S/C19H28N4O3S/c1-3-5-7-15(4-2)19(24)22-10-12-23(13-11-22)27(25,26)17-14-21-18-16(17)8-6-9-20-18/h6,8-9,14-15H,3-5,7,10-13H2,1-2H3,(H,20,21). The Labute approximate surface area is 160 Å². The van der Waals surface area contributed by atoms with Crippen molar-refractivity contribution < 1.29 is 13.2 Å². The van der Waals surface area contributed by atoms with Crippen LogP contribution in [0.5, 0.6) is 0 Å². The summed E-state index contributed by atoms with van der Waals surface area (Å²) >= 11 is 0. The summed E-state index contributed by atoms with van der Waals surface area (Å²) in [6, 6.07) is 3.48. The molecule has 148 valence electrons. The van der Waals surface area contributed by atoms with Gasteiger partial charge in [0.05, 0.1) is 0 Å². The fraction of sp³-hybridized carbons (Fsp3) is 0.579. The number of unbranched alkanes of at least 4 members (excludes halogenated alkanes) is 1. The first-order chi connectivity index (χ1) is 13.0. The molecule has 1 unspecified atom stereocenters. The van der Waals surface area contributed by atoms with Gasteiger partial charge < -0.3 is 9.88 Å². The summed E-state index contributed by atoms with van der Waals surface area (Å²) in [7, 11) is -3.61. The lowest BCUT2D eigenvalue weighted by molar-refractivity contribution is -0.137. The fourth-order valence-electron chi connectivity index (χ4n) is 3.64. The Hall–Kier alpha value is -1.93. The van der Waals surface area contributed by atoms with Gasteiger partial charge in [-0.2, -0.15) is 4.31 Å². The van der Waals surface area contributed by atoms with Crippen LogP contribution in [0.4, 0.5) is 0 Å². The van der Waals surface area contributed by atoms with Crippen LogP contribution in [0.3, 0.4) is 0 Å². The fourth-order valence-corrected chi connectivity index (χ4v) is 5.22. The quantitative estimate of drug-likeness (QED) is 0.785. The van der Waals surface area contributed by atoms with E-state index in [1.807, 2.05) is 11.8 Å². The number of amides is 1. The maximum atomic E-state index is 13.0. The molecule has 1 fully saturated rings. The van der Waals surface area contributed by atoms with E-state index in [0.29, 0.717) is 37.2 Å². The number of sulfonamides is 1. The van der Waals surface area contributed by atoms with Gasteiger partial charge in [0.1, 0.15) is 10.5 Å². The highest BCUT2D eigenvalue weighted by molar-refractivity contribution is 7.89. The SMILES string of the molecule is CCCCC(CC)C(=O)N1CCN(S(=O)(=O)c2c[nH]c3ncccc23)CC1. The van der Waals surface area contributed by atoms with E-state index in [9.17, 15) is 13.2 Å². The summed E-state index contributed by atoms with van der Waals surface area (Å²) in [5.74, 6) is 0.215. The molecule has 0 aliphatic carbocycles. The van der Waals surface area contributed by atoms with Crippen molar-refractivity contribution in [1.82, 2.24) is 19.2 Å². The van der Waals surface area contributed by atoms with Crippen molar-refractivity contribution in [3.05, 3.63) is 24.5 Å². The van der Waals surface area contributed by atoms with Crippen molar-refractivity contribution in [3.8, 4) is 0 Å². The number of aromatic nitrogens is 2. The van der Waals surface area contributed by atoms with Crippen LogP contribution in [0.15, 0.2) is 29.4 Å². The van der Waals surface area contributed by atoms with Gasteiger partial charge in [0.25, 0.3) is 0 Å². The summed E-state index contributed by atoms with van der Waals surface area (Å²) in [6.45, 7) is 5.71. The van der Waals surface area contributed by atoms with Gasteiger partial charge in [0, 0.05) is 49.9 Å². The van der Waals surface area contributed by atoms with Gasteiger partial charge >= 0.3 is 0 Å². The Morgan fingerprint density at radius 1 is 1.26 bits per heavy atom. The van der Waals surface area contributed by atoms with Gasteiger partial charge in [0.2, 0.25) is 15.9 Å². The molecule has 1 aliphatic rings. The minimum Gasteiger partial charge on any atom is -0.345 e. The maximum absolute atomic E-state index is 13.0. The van der Waals surface area contributed by atoms with Gasteiger partial charge in [-0.1, -0.05) is 26.7 Å². The summed E-state index contributed by atoms with van der Waals surface area (Å²) in [5, 5.41) is 0.599. The van der Waals surface area contributed by atoms with E-state index in [0.717, 1.165) is 25.7 Å². The molecule has 0 spiro atoms. The number of carbonyl (C=O) groups excluding carboxylic acids is 1. The van der Waals surface area contributed by atoms with Crippen LogP contribution in [-0.2, 0) is 14.8 Å². The molecule has 3 heterocycles. The zero-order valence-electron chi connectivity index (χ0n) is 16.0. The summed E-state index contributed by atoms with van der Waals surface area (Å²) in [5.41, 5.74) is 0.562. The highest BCUT2D eigenvalue weighted by Crippen LogP contribution is 2.25. The molecule has 0 saturated carbocycles. The molecule has 3 rings (SSSR count). The molecular formula is C19H28N4O3S. The normalized spacial score (nSPS) is 17.3. The van der Waals surface area contributed by atoms with E-state index in [1.54, 1.807) is 18.3 Å². The number of piperazine rings is 1. The van der Waals surface area contributed by atoms with E-state index in [1.165, 1.54) is 10.5 Å². The first kappa shape index (κ1) is 19.8. The van der Waals surface area contributed by atoms with Crippen LogP contribution in [0, 0.1) is 5.92 Å². The van der Waals surface area contributed by atoms with Crippen molar-refractivity contribution in [2.75, 3.05) is 26.2 Å². The van der Waals surface area contributed by atoms with Gasteiger partial charge in [-0.05, 0) is 25.0 Å². The van der Waals surface area contributed by atoms with Gasteiger partial charge in [0.15, 0.2) is 0 Å². The van der Waals surface area contributed by atoms with E-state index in [-0.39, 0.29) is 16.7 Å². The number of rotatable bonds is 7. The number of nitrogens with one attached hydrogen (secondary N) is 1. The van der Waals surface area contributed by atoms with Gasteiger partial charge in [-0.3, -0.25) is 4.79 Å². The highest BCUT2D eigenvalue weighted by atomic mass is 32.2. The first-order valence-corrected chi connectivity index (χ1v) is 11.1. The molecule has 2 aromatic heterocycles. The lowest BCUT2D eigenvalue weighted by atomic mass is 9.97. The average molecular weight is 393 g/mol. The number of pyridine rings is 1. The smallest absolute Gasteiger partial charge is 0.245 e. The Kier molecular flexibility index (Phi) is 6.16. The van der Waals surface area contributed by atoms with Crippen LogP contribution in [0.1, 0.15) is 39.5 Å². The van der Waals surface area contributed by atoms with Crippen LogP contribution in [-0.4, -0.2) is 59.7 Å². The molecular weight excluding hydrogens is 364 g/mol. The monoisotopic (exact) mass is 392 g/mol. The third-order valence-corrected chi connectivity index (χ3v) is 7.27. The third-order valence-electron chi connectivity index (χ3n) is 5.33. The number of H-pyrrole nitrogens is 1. The van der Waals surface area contributed by atoms with E-state index in [2.05, 4.69) is 16.9 Å². The second kappa shape index (κ2) is 8.39. The van der Waals surface area contributed by atoms with Crippen molar-refractivity contribution in [2.24, 2.45) is 5.92 Å². The minimum atomic E-state index is -3.61. The van der Waals surface area contributed by atoms with Crippen LogP contribution < -0.4 is 0 Å². The highest BCUT2D eigenvalue weighted by Gasteiger charge is 2.33. The number of carbonyl (C=O) groups is 1. The number of aromatic amines is 1. The van der Waals surface area contributed by atoms with Gasteiger partial charge in [-0.25, -0.2) is 13.4 Å². The van der Waals surface area contributed by atoms with Gasteiger partial charge in [-0.15, -0.1) is 0 Å². The van der Waals surface area contributed by atoms with Crippen molar-refractivity contribution in [2.45, 2.75) is 44.4 Å². The molecule has 2 aromatic rings. The van der Waals surface area contributed by atoms with Crippen molar-refractivity contribution in [3.63, 3.8) is 0 Å². The van der Waals surface area contributed by atoms with E-state index >= 15 is 0 Å². The minimum absolute atomic E-state index is 0.0489. The molecule has 8 heteroatoms. The van der Waals surface area contributed by atoms with E-state index in [4.69, 9.17) is 0 Å². The Morgan fingerprint density at radius 3 is 2.67 bits per heavy atom. The Bertz CT molecular complexity index is 885. The van der Waals surface area contributed by atoms with Crippen LogP contribution in [0.25, 0.3) is 11.0 Å². The number of hydrogen-bond donors (Lipinski definition) is 1. The molecule has 0 radical (unpaired) electrons. The molecule has 7 nitrogen and oxygen atoms in total. The average Bonchev–Trinajstić information content (AvgIpc) is 3.13. The first-order valence-electron chi connectivity index (χ1n) is 9.70. The van der Waals surface area contributed by atoms with Crippen LogP contribution >= 0.6 is 0 Å². The van der Waals surface area contributed by atoms with Crippen molar-refractivity contribution >= 4 is 27.0 Å². The maximum Gasteiger partial charge on any atom is 0.245 e. The predicted octanol–water partition coefficient (Wildman–Crippen LogP) is 2.61. The number of fused-ring (bicyclic) bond motifs is 1. The number of hydrogen-bond acceptors (Lipinski definition) is 4. The molecule has 1 N–H and O–H groups in total. The second-order valence-corrected chi connectivity index (χ2v) is 8.94. The van der Waals surface area contributed by atoms with E-state index < -0.39 is 10.0 Å². The molecule has 1 atom stereocenters. The molecule has 0 aromatic carbocycles. The summed E-state index contributed by atoms with van der Waals surface area (Å²) < 4.78 is 27.6. The lowest BCUT2D eigenvalue weighted by Gasteiger charge is -2.35. The van der Waals surface area contributed by atoms with Crippen molar-refractivity contribution in [1.29, 1.82) is 0 Å². The molecule has 0 bridgehead atoms. The Balaban J connectivity index is 1.69. The zero-order valence-corrected chi connectivity index (χ0v) is 16.8. The third kappa shape index (κ3) is 4.01. The summed E-state index contributed by atoms with van der Waals surface area (Å²) in [4.78, 5) is 21.9. The molecule has 1 saturated heterocycles. The topological polar surface area (TPSA) is 86.4 Å². The Morgan fingerprint density at radius 2 is 2.00 bits per heavy atom. The summed E-state index contributed by atoms with van der Waals surface area (Å²) in [6.07, 6.45) is 7.00. The second-order valence-electron chi connectivity index (χ2n) is 7.03. The lowest BCUT2D eigenvalue weighted by Crippen LogP contribution is -2.51. The van der Waals surface area contributed by atoms with Crippen LogP contribution in [0.2, 0.25) is 0 Å². The molecule has 27 heavy (non-hydrogen) atoms.